The summed E-state index contributed by atoms with van der Waals surface area (Å²) < 4.78 is 0. The molecule has 6 unspecified atom stereocenters. The van der Waals surface area contributed by atoms with Gasteiger partial charge in [0.05, 0.1) is 12.2 Å². The van der Waals surface area contributed by atoms with Crippen LogP contribution in [0.5, 0.6) is 0 Å². The number of aromatic amines is 1. The normalized spacial score (nSPS) is 27.2. The number of carbonyl (C=O) groups excluding carboxylic acids is 2. The van der Waals surface area contributed by atoms with E-state index in [0.29, 0.717) is 17.5 Å². The molecule has 6 rings (SSSR count). The Morgan fingerprint density at radius 3 is 2.41 bits per heavy atom. The van der Waals surface area contributed by atoms with E-state index >= 15 is 0 Å². The van der Waals surface area contributed by atoms with Crippen molar-refractivity contribution in [3.63, 3.8) is 0 Å². The van der Waals surface area contributed by atoms with Gasteiger partial charge in [-0.05, 0) is 96.7 Å². The molecule has 0 radical (unpaired) electrons. The van der Waals surface area contributed by atoms with Crippen molar-refractivity contribution in [2.24, 2.45) is 23.2 Å². The molecule has 3 aliphatic carbocycles. The third-order valence-corrected chi connectivity index (χ3v) is 9.60. The van der Waals surface area contributed by atoms with Crippen LogP contribution in [0.1, 0.15) is 79.3 Å². The summed E-state index contributed by atoms with van der Waals surface area (Å²) in [5.74, 6) is 2.60. The SMILES string of the molecule is C=C/C(=C\N(C)C)c1cccc(C2=CC=C(c3cn[nH]c3)C(CC3C4CCC45CC(NC)CC35)N2)c1.C=O.C=O.CC.CC.[HH].[HH]. The lowest BCUT2D eigenvalue weighted by atomic mass is 9.37. The fourth-order valence-corrected chi connectivity index (χ4v) is 7.92. The third kappa shape index (κ3) is 7.32. The van der Waals surface area contributed by atoms with Gasteiger partial charge in [0.1, 0.15) is 13.6 Å². The van der Waals surface area contributed by atoms with Gasteiger partial charge in [-0.1, -0.05) is 64.6 Å². The van der Waals surface area contributed by atoms with Crippen LogP contribution in [0, 0.1) is 23.2 Å². The first-order valence-electron chi connectivity index (χ1n) is 16.1. The van der Waals surface area contributed by atoms with Gasteiger partial charge in [0.25, 0.3) is 0 Å². The molecule has 1 aliphatic heterocycles. The number of dihydropyridines is 1. The molecule has 3 saturated carbocycles. The van der Waals surface area contributed by atoms with Crippen LogP contribution in [0.2, 0.25) is 0 Å². The number of rotatable bonds is 8. The van der Waals surface area contributed by atoms with Gasteiger partial charge in [-0.15, -0.1) is 0 Å². The molecule has 0 saturated heterocycles. The van der Waals surface area contributed by atoms with Gasteiger partial charge in [0, 0.05) is 46.6 Å². The second-order valence-corrected chi connectivity index (χ2v) is 11.5. The molecule has 1 aromatic carbocycles. The predicted molar refractivity (Wildman–Crippen MR) is 190 cm³/mol. The molecule has 4 aliphatic rings. The van der Waals surface area contributed by atoms with Crippen LogP contribution in [-0.2, 0) is 9.59 Å². The minimum Gasteiger partial charge on any atom is -0.383 e. The maximum atomic E-state index is 8.00. The molecule has 1 spiro atoms. The van der Waals surface area contributed by atoms with Gasteiger partial charge in [0.2, 0.25) is 0 Å². The van der Waals surface area contributed by atoms with E-state index in [0.717, 1.165) is 23.3 Å². The molecule has 2 aromatic rings. The fourth-order valence-electron chi connectivity index (χ4n) is 7.92. The molecule has 44 heavy (non-hydrogen) atoms. The van der Waals surface area contributed by atoms with Crippen molar-refractivity contribution in [2.75, 3.05) is 21.1 Å². The topological polar surface area (TPSA) is 90.1 Å². The number of hydrogen-bond acceptors (Lipinski definition) is 6. The summed E-state index contributed by atoms with van der Waals surface area (Å²) in [5.41, 5.74) is 7.92. The Kier molecular flexibility index (Phi) is 14.6. The average molecular weight is 606 g/mol. The molecule has 1 aromatic heterocycles. The van der Waals surface area contributed by atoms with Crippen LogP contribution >= 0.6 is 0 Å². The number of aromatic nitrogens is 2. The zero-order valence-corrected chi connectivity index (χ0v) is 28.0. The monoisotopic (exact) mass is 605 g/mol. The molecule has 7 heteroatoms. The van der Waals surface area contributed by atoms with E-state index in [-0.39, 0.29) is 2.85 Å². The molecule has 6 atom stereocenters. The highest BCUT2D eigenvalue weighted by Gasteiger charge is 2.69. The summed E-state index contributed by atoms with van der Waals surface area (Å²) in [5, 5.41) is 14.8. The van der Waals surface area contributed by atoms with Crippen LogP contribution in [0.3, 0.4) is 0 Å². The molecule has 244 valence electrons. The zero-order chi connectivity index (χ0) is 32.9. The quantitative estimate of drug-likeness (QED) is 0.270. The first-order valence-corrected chi connectivity index (χ1v) is 16.1. The number of nitrogens with zero attached hydrogens (tertiary/aromatic N) is 2. The molecular formula is C37H59N5O2. The van der Waals surface area contributed by atoms with Crippen molar-refractivity contribution in [3.8, 4) is 0 Å². The van der Waals surface area contributed by atoms with Crippen molar-refractivity contribution in [1.82, 2.24) is 25.7 Å². The summed E-state index contributed by atoms with van der Waals surface area (Å²) in [4.78, 5) is 18.1. The first kappa shape index (κ1) is 36.5. The lowest BCUT2D eigenvalue weighted by Gasteiger charge is -2.67. The minimum absolute atomic E-state index is 0. The van der Waals surface area contributed by atoms with Gasteiger partial charge in [0.15, 0.2) is 0 Å². The van der Waals surface area contributed by atoms with Gasteiger partial charge in [-0.25, -0.2) is 0 Å². The third-order valence-electron chi connectivity index (χ3n) is 9.60. The highest BCUT2D eigenvalue weighted by molar-refractivity contribution is 5.81. The summed E-state index contributed by atoms with van der Waals surface area (Å²) in [7, 11) is 6.24. The van der Waals surface area contributed by atoms with Gasteiger partial charge < -0.3 is 25.1 Å². The van der Waals surface area contributed by atoms with E-state index in [1.54, 1.807) is 0 Å². The lowest BCUT2D eigenvalue weighted by Crippen LogP contribution is -2.61. The number of H-pyrrole nitrogens is 1. The second-order valence-electron chi connectivity index (χ2n) is 11.5. The molecule has 2 heterocycles. The second kappa shape index (κ2) is 17.6. The van der Waals surface area contributed by atoms with Crippen molar-refractivity contribution >= 4 is 30.4 Å². The van der Waals surface area contributed by atoms with Crippen LogP contribution in [-0.4, -0.2) is 61.9 Å². The average Bonchev–Trinajstić information content (AvgIpc) is 3.75. The highest BCUT2D eigenvalue weighted by atomic mass is 16.1. The van der Waals surface area contributed by atoms with Gasteiger partial charge >= 0.3 is 0 Å². The predicted octanol–water partition coefficient (Wildman–Crippen LogP) is 7.48. The molecule has 0 bridgehead atoms. The summed E-state index contributed by atoms with van der Waals surface area (Å²) in [6, 6.07) is 9.80. The van der Waals surface area contributed by atoms with Crippen molar-refractivity contribution < 1.29 is 12.4 Å². The van der Waals surface area contributed by atoms with Gasteiger partial charge in [-0.2, -0.15) is 5.10 Å². The molecular weight excluding hydrogens is 546 g/mol. The number of hydrogen-bond donors (Lipinski definition) is 3. The number of allylic oxidation sites excluding steroid dienone is 4. The van der Waals surface area contributed by atoms with Crippen LogP contribution in [0.4, 0.5) is 0 Å². The summed E-state index contributed by atoms with van der Waals surface area (Å²) in [6.45, 7) is 16.0. The molecule has 0 amide bonds. The summed E-state index contributed by atoms with van der Waals surface area (Å²) >= 11 is 0. The minimum atomic E-state index is 0. The highest BCUT2D eigenvalue weighted by Crippen LogP contribution is 2.75. The fraction of sp³-hybridized carbons (Fsp3) is 0.486. The van der Waals surface area contributed by atoms with Crippen molar-refractivity contribution in [1.29, 1.82) is 0 Å². The van der Waals surface area contributed by atoms with E-state index < -0.39 is 0 Å². The first-order chi connectivity index (χ1) is 21.5. The Morgan fingerprint density at radius 1 is 1.11 bits per heavy atom. The Bertz CT molecular complexity index is 1270. The van der Waals surface area contributed by atoms with Crippen molar-refractivity contribution in [3.05, 3.63) is 84.4 Å². The van der Waals surface area contributed by atoms with Crippen LogP contribution < -0.4 is 10.6 Å². The number of benzene rings is 1. The molecule has 3 fully saturated rings. The number of nitrogens with one attached hydrogen (secondary N) is 3. The van der Waals surface area contributed by atoms with Crippen molar-refractivity contribution in [2.45, 2.75) is 71.9 Å². The van der Waals surface area contributed by atoms with Crippen LogP contribution in [0.15, 0.2) is 67.7 Å². The smallest absolute Gasteiger partial charge is 0.106 e. The van der Waals surface area contributed by atoms with E-state index in [9.17, 15) is 0 Å². The molecule has 3 N–H and O–H groups in total. The zero-order valence-electron chi connectivity index (χ0n) is 28.0. The molecule has 7 nitrogen and oxygen atoms in total. The van der Waals surface area contributed by atoms with E-state index in [2.05, 4.69) is 82.0 Å². The van der Waals surface area contributed by atoms with Crippen LogP contribution in [0.25, 0.3) is 16.8 Å². The number of carbonyl (C=O) groups is 2. The maximum absolute atomic E-state index is 8.00. The van der Waals surface area contributed by atoms with Gasteiger partial charge in [-0.3, -0.25) is 5.10 Å². The van der Waals surface area contributed by atoms with E-state index in [1.807, 2.05) is 73.8 Å². The Hall–Kier alpha value is -3.71. The Morgan fingerprint density at radius 2 is 1.84 bits per heavy atom. The maximum Gasteiger partial charge on any atom is 0.106 e. The largest absolute Gasteiger partial charge is 0.383 e. The van der Waals surface area contributed by atoms with E-state index in [1.165, 1.54) is 60.1 Å². The lowest BCUT2D eigenvalue weighted by molar-refractivity contribution is -0.184. The summed E-state index contributed by atoms with van der Waals surface area (Å²) in [6.07, 6.45) is 19.4. The van der Waals surface area contributed by atoms with E-state index in [4.69, 9.17) is 9.59 Å². The Labute approximate surface area is 268 Å². The standard InChI is InChI=1S/C31H39N5.2C2H6.2CH2O.2H2/c1-5-20(19-36(3)4)21-7-6-8-22(13-21)29-10-9-25(23-17-33-34-18-23)30(35-29)15-26-27-11-12-31(27)16-24(32-2)14-28(26)31;4*1-2;;/h5-10,13,17-19,24,26-28,30,32,35H,1,11-12,14-16H2,2-4H3,(H,33,34);2*1-2H3;2*1H2;2*1H/b20-19+;;;;;;. The Balaban J connectivity index is 0.00000189.